The van der Waals surface area contributed by atoms with E-state index in [4.69, 9.17) is 16.3 Å². The number of aryl methyl sites for hydroxylation is 1. The Morgan fingerprint density at radius 3 is 2.79 bits per heavy atom. The lowest BCUT2D eigenvalue weighted by molar-refractivity contribution is 0.0944. The summed E-state index contributed by atoms with van der Waals surface area (Å²) in [5.74, 6) is 0.432. The molecule has 1 N–H and O–H groups in total. The first-order chi connectivity index (χ1) is 11.6. The topological polar surface area (TPSA) is 74.0 Å². The minimum absolute atomic E-state index is 0.206. The molecule has 24 heavy (non-hydrogen) atoms. The van der Waals surface area contributed by atoms with Crippen LogP contribution in [0.2, 0.25) is 5.02 Å². The number of rotatable bonds is 6. The van der Waals surface area contributed by atoms with Crippen molar-refractivity contribution in [2.75, 3.05) is 0 Å². The summed E-state index contributed by atoms with van der Waals surface area (Å²) in [5, 5.41) is 11.7. The van der Waals surface area contributed by atoms with E-state index in [9.17, 15) is 4.79 Å². The zero-order valence-corrected chi connectivity index (χ0v) is 13.8. The Labute approximate surface area is 143 Å². The second kappa shape index (κ2) is 7.18. The number of benzene rings is 1. The summed E-state index contributed by atoms with van der Waals surface area (Å²) in [5.41, 5.74) is 1.26. The highest BCUT2D eigenvalue weighted by Crippen LogP contribution is 2.15. The minimum Gasteiger partial charge on any atom is -0.471 e. The van der Waals surface area contributed by atoms with E-state index in [0.29, 0.717) is 23.0 Å². The van der Waals surface area contributed by atoms with Gasteiger partial charge in [0.15, 0.2) is 6.73 Å². The lowest BCUT2D eigenvalue weighted by Crippen LogP contribution is -2.23. The Kier molecular flexibility index (Phi) is 4.81. The molecule has 0 radical (unpaired) electrons. The van der Waals surface area contributed by atoms with E-state index in [-0.39, 0.29) is 12.6 Å². The fourth-order valence-electron chi connectivity index (χ4n) is 2.06. The lowest BCUT2D eigenvalue weighted by Gasteiger charge is -2.06. The van der Waals surface area contributed by atoms with Crippen molar-refractivity contribution in [3.63, 3.8) is 0 Å². The van der Waals surface area contributed by atoms with Gasteiger partial charge in [0.2, 0.25) is 0 Å². The lowest BCUT2D eigenvalue weighted by atomic mass is 10.3. The van der Waals surface area contributed by atoms with Crippen LogP contribution in [-0.2, 0) is 20.3 Å². The van der Waals surface area contributed by atoms with E-state index >= 15 is 0 Å². The molecule has 0 aliphatic heterocycles. The molecule has 0 aliphatic carbocycles. The highest BCUT2D eigenvalue weighted by molar-refractivity contribution is 6.30. The Morgan fingerprint density at radius 2 is 2.08 bits per heavy atom. The molecule has 1 amide bonds. The maximum atomic E-state index is 12.1. The van der Waals surface area contributed by atoms with Gasteiger partial charge in [-0.25, -0.2) is 4.68 Å². The Balaban J connectivity index is 1.52. The van der Waals surface area contributed by atoms with Crippen LogP contribution in [0.1, 0.15) is 16.1 Å². The molecular weight excluding hydrogens is 330 g/mol. The predicted molar refractivity (Wildman–Crippen MR) is 88.7 cm³/mol. The fraction of sp³-hybridized carbons (Fsp3) is 0.188. The molecule has 3 aromatic rings. The van der Waals surface area contributed by atoms with Crippen LogP contribution in [-0.4, -0.2) is 25.5 Å². The van der Waals surface area contributed by atoms with Gasteiger partial charge >= 0.3 is 0 Å². The molecule has 0 fully saturated rings. The molecular formula is C16H16ClN5O2. The average molecular weight is 346 g/mol. The average Bonchev–Trinajstić information content (AvgIpc) is 3.21. The molecule has 124 valence electrons. The standard InChI is InChI=1S/C16H16ClN5O2/c1-21-10-12(9-19-21)8-18-16(23)15-6-7-22(20-15)11-24-14-4-2-13(17)3-5-14/h2-7,9-10H,8,11H2,1H3,(H,18,23). The Morgan fingerprint density at radius 1 is 1.29 bits per heavy atom. The van der Waals surface area contributed by atoms with Crippen molar-refractivity contribution in [1.82, 2.24) is 24.9 Å². The van der Waals surface area contributed by atoms with E-state index in [1.54, 1.807) is 52.1 Å². The molecule has 1 aromatic carbocycles. The number of nitrogens with one attached hydrogen (secondary N) is 1. The van der Waals surface area contributed by atoms with Gasteiger partial charge in [-0.1, -0.05) is 11.6 Å². The molecule has 0 saturated carbocycles. The van der Waals surface area contributed by atoms with Crippen molar-refractivity contribution in [3.8, 4) is 5.75 Å². The summed E-state index contributed by atoms with van der Waals surface area (Å²) in [6, 6.07) is 8.68. The first-order valence-corrected chi connectivity index (χ1v) is 7.65. The quantitative estimate of drug-likeness (QED) is 0.743. The van der Waals surface area contributed by atoms with Crippen LogP contribution in [0.3, 0.4) is 0 Å². The molecule has 2 aromatic heterocycles. The van der Waals surface area contributed by atoms with Crippen molar-refractivity contribution in [2.24, 2.45) is 7.05 Å². The molecule has 0 spiro atoms. The maximum Gasteiger partial charge on any atom is 0.272 e. The smallest absolute Gasteiger partial charge is 0.272 e. The van der Waals surface area contributed by atoms with Crippen molar-refractivity contribution >= 4 is 17.5 Å². The number of ether oxygens (including phenoxy) is 1. The minimum atomic E-state index is -0.246. The van der Waals surface area contributed by atoms with Gasteiger partial charge in [0.25, 0.3) is 5.91 Å². The highest BCUT2D eigenvalue weighted by atomic mass is 35.5. The van der Waals surface area contributed by atoms with Crippen molar-refractivity contribution in [1.29, 1.82) is 0 Å². The highest BCUT2D eigenvalue weighted by Gasteiger charge is 2.09. The molecule has 3 rings (SSSR count). The van der Waals surface area contributed by atoms with Crippen molar-refractivity contribution in [2.45, 2.75) is 13.3 Å². The molecule has 2 heterocycles. The van der Waals surface area contributed by atoms with Gasteiger partial charge in [0.1, 0.15) is 11.4 Å². The third-order valence-corrected chi connectivity index (χ3v) is 3.51. The van der Waals surface area contributed by atoms with Crippen LogP contribution in [0, 0.1) is 0 Å². The van der Waals surface area contributed by atoms with Crippen molar-refractivity contribution < 1.29 is 9.53 Å². The van der Waals surface area contributed by atoms with Crippen LogP contribution in [0.4, 0.5) is 0 Å². The van der Waals surface area contributed by atoms with Gasteiger partial charge in [0.05, 0.1) is 6.20 Å². The van der Waals surface area contributed by atoms with Gasteiger partial charge in [-0.3, -0.25) is 9.48 Å². The summed E-state index contributed by atoms with van der Waals surface area (Å²) in [4.78, 5) is 12.1. The molecule has 0 unspecified atom stereocenters. The molecule has 0 atom stereocenters. The van der Waals surface area contributed by atoms with Crippen LogP contribution in [0.15, 0.2) is 48.9 Å². The number of amides is 1. The van der Waals surface area contributed by atoms with Gasteiger partial charge in [-0.05, 0) is 30.3 Å². The number of nitrogens with zero attached hydrogens (tertiary/aromatic N) is 4. The monoisotopic (exact) mass is 345 g/mol. The summed E-state index contributed by atoms with van der Waals surface area (Å²) in [6.45, 7) is 0.609. The predicted octanol–water partition coefficient (Wildman–Crippen LogP) is 2.24. The summed E-state index contributed by atoms with van der Waals surface area (Å²) in [6.07, 6.45) is 5.24. The number of hydrogen-bond donors (Lipinski definition) is 1. The van der Waals surface area contributed by atoms with E-state index in [1.165, 1.54) is 0 Å². The number of hydrogen-bond acceptors (Lipinski definition) is 4. The summed E-state index contributed by atoms with van der Waals surface area (Å²) >= 11 is 5.82. The van der Waals surface area contributed by atoms with Crippen molar-refractivity contribution in [3.05, 3.63) is 65.2 Å². The fourth-order valence-corrected chi connectivity index (χ4v) is 2.19. The molecule has 0 aliphatic rings. The summed E-state index contributed by atoms with van der Waals surface area (Å²) < 4.78 is 8.81. The second-order valence-corrected chi connectivity index (χ2v) is 5.61. The zero-order chi connectivity index (χ0) is 16.9. The maximum absolute atomic E-state index is 12.1. The van der Waals surface area contributed by atoms with Crippen LogP contribution >= 0.6 is 11.6 Å². The number of halogens is 1. The number of aromatic nitrogens is 4. The Hall–Kier alpha value is -2.80. The number of carbonyl (C=O) groups excluding carboxylic acids is 1. The van der Waals surface area contributed by atoms with Crippen LogP contribution in [0.5, 0.6) is 5.75 Å². The molecule has 0 saturated heterocycles. The zero-order valence-electron chi connectivity index (χ0n) is 13.0. The van der Waals surface area contributed by atoms with E-state index < -0.39 is 0 Å². The number of carbonyl (C=O) groups is 1. The van der Waals surface area contributed by atoms with Gasteiger partial charge in [-0.2, -0.15) is 10.2 Å². The first kappa shape index (κ1) is 16.1. The molecule has 0 bridgehead atoms. The van der Waals surface area contributed by atoms with E-state index in [0.717, 1.165) is 5.56 Å². The van der Waals surface area contributed by atoms with Gasteiger partial charge < -0.3 is 10.1 Å². The summed E-state index contributed by atoms with van der Waals surface area (Å²) in [7, 11) is 1.83. The largest absolute Gasteiger partial charge is 0.471 e. The van der Waals surface area contributed by atoms with Crippen LogP contribution in [0.25, 0.3) is 0 Å². The third-order valence-electron chi connectivity index (χ3n) is 3.26. The SMILES string of the molecule is Cn1cc(CNC(=O)c2ccn(COc3ccc(Cl)cc3)n2)cn1. The van der Waals surface area contributed by atoms with E-state index in [2.05, 4.69) is 15.5 Å². The van der Waals surface area contributed by atoms with E-state index in [1.807, 2.05) is 13.2 Å². The first-order valence-electron chi connectivity index (χ1n) is 7.28. The van der Waals surface area contributed by atoms with Gasteiger partial charge in [-0.15, -0.1) is 0 Å². The normalized spacial score (nSPS) is 10.6. The Bertz CT molecular complexity index is 825. The van der Waals surface area contributed by atoms with Gasteiger partial charge in [0, 0.05) is 36.6 Å². The molecule has 7 nitrogen and oxygen atoms in total. The van der Waals surface area contributed by atoms with Crippen LogP contribution < -0.4 is 10.1 Å². The molecule has 8 heteroatoms. The third kappa shape index (κ3) is 4.14. The second-order valence-electron chi connectivity index (χ2n) is 5.17.